The van der Waals surface area contributed by atoms with Gasteiger partial charge in [-0.25, -0.2) is 0 Å². The smallest absolute Gasteiger partial charge is 0.254 e. The lowest BCUT2D eigenvalue weighted by Crippen LogP contribution is -2.44. The van der Waals surface area contributed by atoms with Crippen LogP contribution in [0, 0.1) is 0 Å². The minimum atomic E-state index is -0.568. The highest BCUT2D eigenvalue weighted by Crippen LogP contribution is 2.42. The summed E-state index contributed by atoms with van der Waals surface area (Å²) in [5.41, 5.74) is 3.81. The maximum absolute atomic E-state index is 13.7. The Labute approximate surface area is 185 Å². The number of hydrogen-bond donors (Lipinski definition) is 2. The van der Waals surface area contributed by atoms with Crippen LogP contribution in [0.3, 0.4) is 0 Å². The largest absolute Gasteiger partial charge is 0.497 e. The molecule has 0 fully saturated rings. The minimum Gasteiger partial charge on any atom is -0.497 e. The highest BCUT2D eigenvalue weighted by Gasteiger charge is 2.42. The van der Waals surface area contributed by atoms with Gasteiger partial charge in [0.25, 0.3) is 5.91 Å². The van der Waals surface area contributed by atoms with Crippen molar-refractivity contribution < 1.29 is 14.3 Å². The maximum atomic E-state index is 13.7. The van der Waals surface area contributed by atoms with Gasteiger partial charge in [-0.1, -0.05) is 36.4 Å². The first-order valence-corrected chi connectivity index (χ1v) is 10.4. The van der Waals surface area contributed by atoms with Crippen molar-refractivity contribution in [2.75, 3.05) is 19.5 Å². The van der Waals surface area contributed by atoms with Gasteiger partial charge in [0.1, 0.15) is 5.75 Å². The number of aromatic nitrogens is 1. The van der Waals surface area contributed by atoms with Crippen LogP contribution in [-0.2, 0) is 4.79 Å². The molecule has 4 aromatic rings. The minimum absolute atomic E-state index is 0.0988. The Morgan fingerprint density at radius 3 is 2.59 bits per heavy atom. The molecule has 6 heteroatoms. The van der Waals surface area contributed by atoms with E-state index in [4.69, 9.17) is 4.74 Å². The molecule has 0 aliphatic carbocycles. The number of carbonyl (C=O) groups excluding carboxylic acids is 2. The summed E-state index contributed by atoms with van der Waals surface area (Å²) in [6.07, 6.45) is 1.87. The van der Waals surface area contributed by atoms with E-state index in [0.29, 0.717) is 11.3 Å². The van der Waals surface area contributed by atoms with E-state index in [1.165, 1.54) is 0 Å². The third-order valence-electron chi connectivity index (χ3n) is 6.14. The summed E-state index contributed by atoms with van der Waals surface area (Å²) in [6, 6.07) is 22.2. The molecule has 2 heterocycles. The predicted octanol–water partition coefficient (Wildman–Crippen LogP) is 4.73. The summed E-state index contributed by atoms with van der Waals surface area (Å²) in [6.45, 7) is 0. The fourth-order valence-electron chi connectivity index (χ4n) is 4.52. The third kappa shape index (κ3) is 3.30. The van der Waals surface area contributed by atoms with Crippen LogP contribution in [0.25, 0.3) is 10.9 Å². The number of nitrogens with one attached hydrogen (secondary N) is 2. The normalized spacial score (nSPS) is 17.8. The number of amides is 2. The van der Waals surface area contributed by atoms with E-state index in [-0.39, 0.29) is 11.8 Å². The molecule has 6 nitrogen and oxygen atoms in total. The molecular formula is C26H23N3O3. The molecule has 0 bridgehead atoms. The number of H-pyrrole nitrogens is 1. The van der Waals surface area contributed by atoms with Gasteiger partial charge < -0.3 is 19.9 Å². The van der Waals surface area contributed by atoms with Gasteiger partial charge >= 0.3 is 0 Å². The van der Waals surface area contributed by atoms with Crippen molar-refractivity contribution in [3.63, 3.8) is 0 Å². The Bertz CT molecular complexity index is 1310. The molecule has 0 unspecified atom stereocenters. The number of ether oxygens (including phenoxy) is 1. The molecule has 0 radical (unpaired) electrons. The van der Waals surface area contributed by atoms with Crippen LogP contribution in [0.1, 0.15) is 33.4 Å². The number of likely N-dealkylation sites (N-methyl/N-ethyl adjacent to an activating group) is 1. The number of carbonyl (C=O) groups is 2. The lowest BCUT2D eigenvalue weighted by molar-refractivity contribution is -0.119. The van der Waals surface area contributed by atoms with E-state index in [1.54, 1.807) is 25.1 Å². The summed E-state index contributed by atoms with van der Waals surface area (Å²) in [7, 11) is 3.36. The fourth-order valence-corrected chi connectivity index (χ4v) is 4.52. The molecule has 5 rings (SSSR count). The number of aromatic amines is 1. The Morgan fingerprint density at radius 1 is 1.03 bits per heavy atom. The molecule has 1 aromatic heterocycles. The summed E-state index contributed by atoms with van der Waals surface area (Å²) in [5.74, 6) is -0.109. The van der Waals surface area contributed by atoms with Gasteiger partial charge in [0.05, 0.1) is 19.1 Å². The van der Waals surface area contributed by atoms with E-state index in [1.807, 2.05) is 72.9 Å². The van der Waals surface area contributed by atoms with Crippen LogP contribution >= 0.6 is 0 Å². The average Bonchev–Trinajstić information content (AvgIpc) is 3.29. The Morgan fingerprint density at radius 2 is 1.81 bits per heavy atom. The topological polar surface area (TPSA) is 74.4 Å². The zero-order valence-corrected chi connectivity index (χ0v) is 17.8. The number of rotatable bonds is 4. The summed E-state index contributed by atoms with van der Waals surface area (Å²) < 4.78 is 5.28. The molecule has 0 saturated heterocycles. The van der Waals surface area contributed by atoms with Crippen molar-refractivity contribution in [2.45, 2.75) is 12.0 Å². The molecular weight excluding hydrogens is 402 g/mol. The Kier molecular flexibility index (Phi) is 4.90. The third-order valence-corrected chi connectivity index (χ3v) is 6.14. The van der Waals surface area contributed by atoms with Gasteiger partial charge in [0, 0.05) is 30.0 Å². The second kappa shape index (κ2) is 7.89. The number of benzene rings is 3. The van der Waals surface area contributed by atoms with Crippen molar-refractivity contribution in [1.29, 1.82) is 0 Å². The highest BCUT2D eigenvalue weighted by molar-refractivity contribution is 6.04. The second-order valence-electron chi connectivity index (χ2n) is 7.97. The van der Waals surface area contributed by atoms with Crippen molar-refractivity contribution in [1.82, 2.24) is 9.88 Å². The molecule has 2 amide bonds. The van der Waals surface area contributed by atoms with Gasteiger partial charge in [0.15, 0.2) is 0 Å². The number of methoxy groups -OCH3 is 1. The molecule has 3 aromatic carbocycles. The number of hydrogen-bond acceptors (Lipinski definition) is 3. The number of anilines is 1. The Hall–Kier alpha value is -4.06. The van der Waals surface area contributed by atoms with Gasteiger partial charge in [-0.3, -0.25) is 9.59 Å². The Balaban J connectivity index is 1.57. The summed E-state index contributed by atoms with van der Waals surface area (Å²) >= 11 is 0. The molecule has 160 valence electrons. The zero-order chi connectivity index (χ0) is 22.2. The molecule has 1 aliphatic rings. The van der Waals surface area contributed by atoms with E-state index < -0.39 is 12.0 Å². The first-order valence-electron chi connectivity index (χ1n) is 10.4. The predicted molar refractivity (Wildman–Crippen MR) is 124 cm³/mol. The van der Waals surface area contributed by atoms with Crippen LogP contribution in [0.15, 0.2) is 79.0 Å². The quantitative estimate of drug-likeness (QED) is 0.497. The van der Waals surface area contributed by atoms with Crippen LogP contribution in [0.2, 0.25) is 0 Å². The van der Waals surface area contributed by atoms with E-state index >= 15 is 0 Å². The SMILES string of the molecule is COc1ccc([C@H]2[C@@H](C(=O)Nc3ccc4cc[nH]c4c3)c3ccccc3C(=O)N2C)cc1. The molecule has 1 aliphatic heterocycles. The lowest BCUT2D eigenvalue weighted by Gasteiger charge is -2.39. The summed E-state index contributed by atoms with van der Waals surface area (Å²) in [4.78, 5) is 31.6. The van der Waals surface area contributed by atoms with E-state index in [0.717, 1.165) is 27.8 Å². The molecule has 32 heavy (non-hydrogen) atoms. The van der Waals surface area contributed by atoms with Gasteiger partial charge in [-0.2, -0.15) is 0 Å². The molecule has 0 saturated carbocycles. The molecule has 2 atom stereocenters. The first kappa shape index (κ1) is 19.9. The highest BCUT2D eigenvalue weighted by atomic mass is 16.5. The van der Waals surface area contributed by atoms with Crippen molar-refractivity contribution in [3.05, 3.63) is 95.7 Å². The van der Waals surface area contributed by atoms with Crippen molar-refractivity contribution in [3.8, 4) is 5.75 Å². The van der Waals surface area contributed by atoms with Crippen molar-refractivity contribution >= 4 is 28.4 Å². The lowest BCUT2D eigenvalue weighted by atomic mass is 9.79. The maximum Gasteiger partial charge on any atom is 0.254 e. The van der Waals surface area contributed by atoms with E-state index in [9.17, 15) is 9.59 Å². The van der Waals surface area contributed by atoms with E-state index in [2.05, 4.69) is 10.3 Å². The molecule has 2 N–H and O–H groups in total. The van der Waals surface area contributed by atoms with Gasteiger partial charge in [-0.05, 0) is 52.9 Å². The average molecular weight is 425 g/mol. The summed E-state index contributed by atoms with van der Waals surface area (Å²) in [5, 5.41) is 4.15. The van der Waals surface area contributed by atoms with Gasteiger partial charge in [-0.15, -0.1) is 0 Å². The van der Waals surface area contributed by atoms with Crippen LogP contribution < -0.4 is 10.1 Å². The van der Waals surface area contributed by atoms with Crippen LogP contribution in [-0.4, -0.2) is 35.9 Å². The standard InChI is InChI=1S/C26H23N3O3/c1-29-24(17-8-11-19(32-2)12-9-17)23(20-5-3-4-6-21(20)26(29)31)25(30)28-18-10-7-16-13-14-27-22(16)15-18/h3-15,23-24,27H,1-2H3,(H,28,30)/t23-,24-/m0/s1. The van der Waals surface area contributed by atoms with Gasteiger partial charge in [0.2, 0.25) is 5.91 Å². The first-order chi connectivity index (χ1) is 15.6. The number of nitrogens with zero attached hydrogens (tertiary/aromatic N) is 1. The fraction of sp³-hybridized carbons (Fsp3) is 0.154. The van der Waals surface area contributed by atoms with Crippen LogP contribution in [0.4, 0.5) is 5.69 Å². The number of fused-ring (bicyclic) bond motifs is 2. The monoisotopic (exact) mass is 425 g/mol. The zero-order valence-electron chi connectivity index (χ0n) is 17.8. The van der Waals surface area contributed by atoms with Crippen molar-refractivity contribution in [2.24, 2.45) is 0 Å². The van der Waals surface area contributed by atoms with Crippen LogP contribution in [0.5, 0.6) is 5.75 Å². The second-order valence-corrected chi connectivity index (χ2v) is 7.97. The molecule has 0 spiro atoms.